The first kappa shape index (κ1) is 18.7. The number of carbonyl (C=O) groups excluding carboxylic acids is 1. The molecule has 6 heteroatoms. The molecule has 3 heterocycles. The van der Waals surface area contributed by atoms with Crippen LogP contribution in [0.3, 0.4) is 0 Å². The molecule has 2 saturated heterocycles. The van der Waals surface area contributed by atoms with Crippen LogP contribution in [-0.4, -0.2) is 67.9 Å². The number of fused-ring (bicyclic) bond motifs is 1. The van der Waals surface area contributed by atoms with Crippen molar-refractivity contribution in [1.29, 1.82) is 0 Å². The van der Waals surface area contributed by atoms with E-state index in [1.54, 1.807) is 0 Å². The molecule has 0 bridgehead atoms. The normalized spacial score (nSPS) is 24.8. The summed E-state index contributed by atoms with van der Waals surface area (Å²) < 4.78 is 16.9. The number of ether oxygens (including phenoxy) is 3. The monoisotopic (exact) mass is 374 g/mol. The van der Waals surface area contributed by atoms with Gasteiger partial charge in [0.05, 0.1) is 19.3 Å². The molecule has 1 aromatic rings. The van der Waals surface area contributed by atoms with Crippen molar-refractivity contribution in [3.8, 4) is 5.75 Å². The van der Waals surface area contributed by atoms with Crippen LogP contribution < -0.4 is 4.74 Å². The zero-order valence-electron chi connectivity index (χ0n) is 16.2. The van der Waals surface area contributed by atoms with Gasteiger partial charge >= 0.3 is 0 Å². The van der Waals surface area contributed by atoms with Crippen LogP contribution in [-0.2, 0) is 27.4 Å². The van der Waals surface area contributed by atoms with Crippen LogP contribution in [0, 0.1) is 5.92 Å². The van der Waals surface area contributed by atoms with Crippen molar-refractivity contribution in [2.24, 2.45) is 5.92 Å². The first-order chi connectivity index (χ1) is 13.2. The molecule has 0 aliphatic carbocycles. The molecule has 27 heavy (non-hydrogen) atoms. The maximum atomic E-state index is 13.1. The number of nitrogens with zero attached hydrogens (tertiary/aromatic N) is 2. The van der Waals surface area contributed by atoms with E-state index in [4.69, 9.17) is 14.2 Å². The van der Waals surface area contributed by atoms with Crippen molar-refractivity contribution >= 4 is 5.91 Å². The van der Waals surface area contributed by atoms with Crippen LogP contribution in [0.1, 0.15) is 30.9 Å². The number of morpholine rings is 1. The molecule has 4 rings (SSSR count). The summed E-state index contributed by atoms with van der Waals surface area (Å²) in [5.74, 6) is 1.25. The molecule has 2 fully saturated rings. The van der Waals surface area contributed by atoms with E-state index in [9.17, 15) is 4.79 Å². The molecular formula is C21H30N2O4. The zero-order valence-corrected chi connectivity index (χ0v) is 16.2. The van der Waals surface area contributed by atoms with Crippen molar-refractivity contribution in [3.63, 3.8) is 0 Å². The second-order valence-corrected chi connectivity index (χ2v) is 7.84. The van der Waals surface area contributed by atoms with Crippen molar-refractivity contribution in [1.82, 2.24) is 9.80 Å². The summed E-state index contributed by atoms with van der Waals surface area (Å²) in [7, 11) is 0. The third-order valence-electron chi connectivity index (χ3n) is 5.84. The topological polar surface area (TPSA) is 51.2 Å². The maximum Gasteiger partial charge on any atom is 0.226 e. The number of hydrogen-bond acceptors (Lipinski definition) is 5. The van der Waals surface area contributed by atoms with Gasteiger partial charge in [-0.15, -0.1) is 0 Å². The highest BCUT2D eigenvalue weighted by Gasteiger charge is 2.31. The molecule has 1 unspecified atom stereocenters. The molecule has 1 aromatic carbocycles. The number of benzene rings is 1. The highest BCUT2D eigenvalue weighted by molar-refractivity contribution is 5.79. The lowest BCUT2D eigenvalue weighted by Crippen LogP contribution is -2.44. The fourth-order valence-corrected chi connectivity index (χ4v) is 4.13. The largest absolute Gasteiger partial charge is 0.491 e. The summed E-state index contributed by atoms with van der Waals surface area (Å²) in [4.78, 5) is 17.5. The van der Waals surface area contributed by atoms with E-state index in [2.05, 4.69) is 30.0 Å². The Morgan fingerprint density at radius 2 is 1.85 bits per heavy atom. The molecule has 1 atom stereocenters. The minimum absolute atomic E-state index is 0.0791. The zero-order chi connectivity index (χ0) is 18.6. The molecule has 0 saturated carbocycles. The fourth-order valence-electron chi connectivity index (χ4n) is 4.13. The first-order valence-electron chi connectivity index (χ1n) is 10.1. The highest BCUT2D eigenvalue weighted by atomic mass is 16.5. The predicted molar refractivity (Wildman–Crippen MR) is 102 cm³/mol. The Labute approximate surface area is 161 Å². The van der Waals surface area contributed by atoms with E-state index in [0.29, 0.717) is 26.4 Å². The number of hydrogen-bond donors (Lipinski definition) is 0. The Balaban J connectivity index is 1.49. The Morgan fingerprint density at radius 1 is 1.11 bits per heavy atom. The van der Waals surface area contributed by atoms with Gasteiger partial charge < -0.3 is 19.1 Å². The molecule has 148 valence electrons. The van der Waals surface area contributed by atoms with Crippen molar-refractivity contribution in [3.05, 3.63) is 29.3 Å². The molecule has 6 nitrogen and oxygen atoms in total. The fraction of sp³-hybridized carbons (Fsp3) is 0.667. The van der Waals surface area contributed by atoms with Crippen molar-refractivity contribution in [2.45, 2.75) is 38.9 Å². The van der Waals surface area contributed by atoms with Crippen LogP contribution in [0.25, 0.3) is 0 Å². The van der Waals surface area contributed by atoms with Gasteiger partial charge in [-0.1, -0.05) is 6.07 Å². The van der Waals surface area contributed by atoms with Gasteiger partial charge in [0.15, 0.2) is 0 Å². The van der Waals surface area contributed by atoms with Gasteiger partial charge in [0.2, 0.25) is 5.91 Å². The van der Waals surface area contributed by atoms with Gasteiger partial charge in [-0.3, -0.25) is 9.69 Å². The SMILES string of the molecule is CC1COc2ccc(CN3CCOCC3)cc2CN1C(=O)C1CCOCC1. The smallest absolute Gasteiger partial charge is 0.226 e. The quantitative estimate of drug-likeness (QED) is 0.811. The minimum Gasteiger partial charge on any atom is -0.491 e. The summed E-state index contributed by atoms with van der Waals surface area (Å²) in [6.07, 6.45) is 1.65. The van der Waals surface area contributed by atoms with E-state index in [0.717, 1.165) is 57.0 Å². The third-order valence-corrected chi connectivity index (χ3v) is 5.84. The number of amides is 1. The molecule has 3 aliphatic rings. The van der Waals surface area contributed by atoms with E-state index >= 15 is 0 Å². The lowest BCUT2D eigenvalue weighted by molar-refractivity contribution is -0.141. The van der Waals surface area contributed by atoms with Crippen LogP contribution in [0.5, 0.6) is 5.75 Å². The van der Waals surface area contributed by atoms with Crippen LogP contribution in [0.4, 0.5) is 0 Å². The Bertz CT molecular complexity index is 654. The van der Waals surface area contributed by atoms with Crippen molar-refractivity contribution < 1.29 is 19.0 Å². The van der Waals surface area contributed by atoms with Gasteiger partial charge in [-0.2, -0.15) is 0 Å². The summed E-state index contributed by atoms with van der Waals surface area (Å²) >= 11 is 0. The Morgan fingerprint density at radius 3 is 2.63 bits per heavy atom. The molecular weight excluding hydrogens is 344 g/mol. The van der Waals surface area contributed by atoms with E-state index in [-0.39, 0.29) is 17.9 Å². The second-order valence-electron chi connectivity index (χ2n) is 7.84. The standard InChI is InChI=1S/C21H30N2O4/c1-16-15-27-20-3-2-17(13-22-6-10-26-11-7-22)12-19(20)14-23(16)21(24)18-4-8-25-9-5-18/h2-3,12,16,18H,4-11,13-15H2,1H3. The molecule has 0 spiro atoms. The third kappa shape index (κ3) is 4.45. The average molecular weight is 374 g/mol. The summed E-state index contributed by atoms with van der Waals surface area (Å²) in [5.41, 5.74) is 2.39. The van der Waals surface area contributed by atoms with E-state index < -0.39 is 0 Å². The van der Waals surface area contributed by atoms with Gasteiger partial charge in [0, 0.05) is 50.9 Å². The number of rotatable bonds is 3. The Hall–Kier alpha value is -1.63. The molecule has 0 aromatic heterocycles. The number of carbonyl (C=O) groups is 1. The molecule has 0 radical (unpaired) electrons. The highest BCUT2D eigenvalue weighted by Crippen LogP contribution is 2.29. The lowest BCUT2D eigenvalue weighted by Gasteiger charge is -2.32. The summed E-state index contributed by atoms with van der Waals surface area (Å²) in [6.45, 7) is 9.10. The van der Waals surface area contributed by atoms with E-state index in [1.807, 2.05) is 4.90 Å². The van der Waals surface area contributed by atoms with Crippen LogP contribution in [0.2, 0.25) is 0 Å². The van der Waals surface area contributed by atoms with Crippen LogP contribution >= 0.6 is 0 Å². The maximum absolute atomic E-state index is 13.1. The second kappa shape index (κ2) is 8.59. The summed E-state index contributed by atoms with van der Waals surface area (Å²) in [6, 6.07) is 6.51. The van der Waals surface area contributed by atoms with Gasteiger partial charge in [0.25, 0.3) is 0 Å². The lowest BCUT2D eigenvalue weighted by atomic mass is 9.97. The molecule has 0 N–H and O–H groups in total. The van der Waals surface area contributed by atoms with Crippen molar-refractivity contribution in [2.75, 3.05) is 46.1 Å². The van der Waals surface area contributed by atoms with E-state index in [1.165, 1.54) is 5.56 Å². The first-order valence-corrected chi connectivity index (χ1v) is 10.1. The molecule has 3 aliphatic heterocycles. The van der Waals surface area contributed by atoms with Crippen LogP contribution in [0.15, 0.2) is 18.2 Å². The minimum atomic E-state index is 0.0791. The van der Waals surface area contributed by atoms with Gasteiger partial charge in [-0.25, -0.2) is 0 Å². The molecule has 1 amide bonds. The Kier molecular flexibility index (Phi) is 5.95. The average Bonchev–Trinajstić information content (AvgIpc) is 2.88. The summed E-state index contributed by atoms with van der Waals surface area (Å²) in [5, 5.41) is 0. The predicted octanol–water partition coefficient (Wildman–Crippen LogP) is 2.05. The van der Waals surface area contributed by atoms with Gasteiger partial charge in [-0.05, 0) is 37.5 Å². The van der Waals surface area contributed by atoms with Gasteiger partial charge in [0.1, 0.15) is 12.4 Å².